The monoisotopic (exact) mass is 323 g/mol. The van der Waals surface area contributed by atoms with E-state index in [-0.39, 0.29) is 5.78 Å². The van der Waals surface area contributed by atoms with Gasteiger partial charge in [0.1, 0.15) is 0 Å². The molecule has 18 heavy (non-hydrogen) atoms. The highest BCUT2D eigenvalue weighted by Gasteiger charge is 2.13. The van der Waals surface area contributed by atoms with Gasteiger partial charge in [-0.1, -0.05) is 27.5 Å². The molecule has 2 aromatic carbocycles. The predicted octanol–water partition coefficient (Wildman–Crippen LogP) is 4.22. The maximum atomic E-state index is 12.3. The lowest BCUT2D eigenvalue weighted by atomic mass is 10.0. The summed E-state index contributed by atoms with van der Waals surface area (Å²) in [5.74, 6) is -0.107. The summed E-state index contributed by atoms with van der Waals surface area (Å²) in [4.78, 5) is 12.3. The largest absolute Gasteiger partial charge is 0.399 e. The summed E-state index contributed by atoms with van der Waals surface area (Å²) >= 11 is 9.38. The average molecular weight is 325 g/mol. The number of carbonyl (C=O) groups excluding carboxylic acids is 1. The van der Waals surface area contributed by atoms with E-state index in [0.29, 0.717) is 21.8 Å². The molecule has 2 nitrogen and oxygen atoms in total. The number of hydrogen-bond donors (Lipinski definition) is 1. The lowest BCUT2D eigenvalue weighted by Crippen LogP contribution is -2.03. The number of rotatable bonds is 2. The van der Waals surface area contributed by atoms with Gasteiger partial charge in [-0.05, 0) is 48.9 Å². The normalized spacial score (nSPS) is 10.4. The van der Waals surface area contributed by atoms with Crippen molar-refractivity contribution >= 4 is 39.0 Å². The van der Waals surface area contributed by atoms with Crippen LogP contribution in [0.15, 0.2) is 40.9 Å². The van der Waals surface area contributed by atoms with Crippen LogP contribution < -0.4 is 5.73 Å². The zero-order valence-corrected chi connectivity index (χ0v) is 12.0. The molecule has 0 unspecified atom stereocenters. The van der Waals surface area contributed by atoms with Crippen LogP contribution in [0.3, 0.4) is 0 Å². The van der Waals surface area contributed by atoms with Crippen molar-refractivity contribution in [1.82, 2.24) is 0 Å². The van der Waals surface area contributed by atoms with Gasteiger partial charge in [0.15, 0.2) is 5.78 Å². The third-order valence-corrected chi connectivity index (χ3v) is 3.53. The van der Waals surface area contributed by atoms with Gasteiger partial charge in [0.25, 0.3) is 0 Å². The van der Waals surface area contributed by atoms with Crippen LogP contribution in [0.25, 0.3) is 0 Å². The highest BCUT2D eigenvalue weighted by molar-refractivity contribution is 9.10. The van der Waals surface area contributed by atoms with Crippen LogP contribution in [0.4, 0.5) is 5.69 Å². The van der Waals surface area contributed by atoms with Gasteiger partial charge >= 0.3 is 0 Å². The van der Waals surface area contributed by atoms with Crippen molar-refractivity contribution in [1.29, 1.82) is 0 Å². The Morgan fingerprint density at radius 3 is 2.61 bits per heavy atom. The van der Waals surface area contributed by atoms with E-state index in [2.05, 4.69) is 15.9 Å². The van der Waals surface area contributed by atoms with Gasteiger partial charge < -0.3 is 5.73 Å². The minimum absolute atomic E-state index is 0.107. The van der Waals surface area contributed by atoms with E-state index in [0.717, 1.165) is 10.0 Å². The van der Waals surface area contributed by atoms with E-state index >= 15 is 0 Å². The molecule has 0 atom stereocenters. The Hall–Kier alpha value is -1.32. The molecule has 0 spiro atoms. The average Bonchev–Trinajstić information content (AvgIpc) is 2.35. The fourth-order valence-corrected chi connectivity index (χ4v) is 2.21. The quantitative estimate of drug-likeness (QED) is 0.664. The SMILES string of the molecule is Cc1cc(C(=O)c2cc(Br)ccc2Cl)ccc1N. The van der Waals surface area contributed by atoms with Gasteiger partial charge in [0.05, 0.1) is 5.02 Å². The van der Waals surface area contributed by atoms with Crippen molar-refractivity contribution in [3.63, 3.8) is 0 Å². The van der Waals surface area contributed by atoms with E-state index in [1.165, 1.54) is 0 Å². The highest BCUT2D eigenvalue weighted by Crippen LogP contribution is 2.24. The molecule has 0 aliphatic heterocycles. The van der Waals surface area contributed by atoms with Crippen LogP contribution in [-0.4, -0.2) is 5.78 Å². The fourth-order valence-electron chi connectivity index (χ4n) is 1.64. The second kappa shape index (κ2) is 5.12. The molecule has 4 heteroatoms. The molecule has 0 fully saturated rings. The molecule has 0 aliphatic rings. The van der Waals surface area contributed by atoms with Gasteiger partial charge in [-0.2, -0.15) is 0 Å². The topological polar surface area (TPSA) is 43.1 Å². The van der Waals surface area contributed by atoms with Crippen molar-refractivity contribution in [2.24, 2.45) is 0 Å². The Morgan fingerprint density at radius 2 is 1.94 bits per heavy atom. The smallest absolute Gasteiger partial charge is 0.194 e. The standard InChI is InChI=1S/C14H11BrClNO/c1-8-6-9(2-5-13(8)17)14(18)11-7-10(15)3-4-12(11)16/h2-7H,17H2,1H3. The first-order chi connectivity index (χ1) is 8.49. The molecule has 2 N–H and O–H groups in total. The summed E-state index contributed by atoms with van der Waals surface area (Å²) in [5, 5.41) is 0.442. The number of benzene rings is 2. The van der Waals surface area contributed by atoms with Gasteiger partial charge in [-0.3, -0.25) is 4.79 Å². The van der Waals surface area contributed by atoms with E-state index in [1.807, 2.05) is 6.92 Å². The first-order valence-corrected chi connectivity index (χ1v) is 6.52. The van der Waals surface area contributed by atoms with Crippen molar-refractivity contribution in [3.8, 4) is 0 Å². The van der Waals surface area contributed by atoms with Gasteiger partial charge in [-0.25, -0.2) is 0 Å². The lowest BCUT2D eigenvalue weighted by molar-refractivity contribution is 0.103. The van der Waals surface area contributed by atoms with Crippen LogP contribution in [0, 0.1) is 6.92 Å². The number of aryl methyl sites for hydroxylation is 1. The predicted molar refractivity (Wildman–Crippen MR) is 78.2 cm³/mol. The minimum atomic E-state index is -0.107. The molecule has 2 rings (SSSR count). The third-order valence-electron chi connectivity index (χ3n) is 2.71. The lowest BCUT2D eigenvalue weighted by Gasteiger charge is -2.06. The van der Waals surface area contributed by atoms with E-state index < -0.39 is 0 Å². The Morgan fingerprint density at radius 1 is 1.22 bits per heavy atom. The van der Waals surface area contributed by atoms with E-state index in [1.54, 1.807) is 36.4 Å². The van der Waals surface area contributed by atoms with E-state index in [4.69, 9.17) is 17.3 Å². The molecule has 0 radical (unpaired) electrons. The Bertz CT molecular complexity index is 625. The number of carbonyl (C=O) groups is 1. The summed E-state index contributed by atoms with van der Waals surface area (Å²) < 4.78 is 0.822. The molecular weight excluding hydrogens is 314 g/mol. The zero-order chi connectivity index (χ0) is 13.3. The molecule has 0 aliphatic carbocycles. The third kappa shape index (κ3) is 2.57. The number of anilines is 1. The van der Waals surface area contributed by atoms with Gasteiger partial charge in [0.2, 0.25) is 0 Å². The van der Waals surface area contributed by atoms with Crippen LogP contribution in [0.1, 0.15) is 21.5 Å². The fraction of sp³-hybridized carbons (Fsp3) is 0.0714. The molecule has 0 amide bonds. The number of hydrogen-bond acceptors (Lipinski definition) is 2. The van der Waals surface area contributed by atoms with E-state index in [9.17, 15) is 4.79 Å². The van der Waals surface area contributed by atoms with Crippen LogP contribution >= 0.6 is 27.5 Å². The van der Waals surface area contributed by atoms with Gasteiger partial charge in [-0.15, -0.1) is 0 Å². The summed E-state index contributed by atoms with van der Waals surface area (Å²) in [5.41, 5.74) is 8.36. The summed E-state index contributed by atoms with van der Waals surface area (Å²) in [6.45, 7) is 1.87. The molecular formula is C14H11BrClNO. The van der Waals surface area contributed by atoms with Crippen LogP contribution in [0.5, 0.6) is 0 Å². The summed E-state index contributed by atoms with van der Waals surface area (Å²) in [6, 6.07) is 10.4. The second-order valence-corrected chi connectivity index (χ2v) is 5.35. The first-order valence-electron chi connectivity index (χ1n) is 5.35. The Kier molecular flexibility index (Phi) is 3.73. The second-order valence-electron chi connectivity index (χ2n) is 4.02. The van der Waals surface area contributed by atoms with Crippen molar-refractivity contribution in [3.05, 3.63) is 62.6 Å². The zero-order valence-electron chi connectivity index (χ0n) is 9.71. The van der Waals surface area contributed by atoms with Gasteiger partial charge in [0, 0.05) is 21.3 Å². The molecule has 0 saturated carbocycles. The molecule has 92 valence electrons. The molecule has 0 heterocycles. The molecule has 2 aromatic rings. The highest BCUT2D eigenvalue weighted by atomic mass is 79.9. The Balaban J connectivity index is 2.47. The molecule has 0 saturated heterocycles. The number of ketones is 1. The molecule has 0 bridgehead atoms. The van der Waals surface area contributed by atoms with Crippen LogP contribution in [-0.2, 0) is 0 Å². The minimum Gasteiger partial charge on any atom is -0.399 e. The van der Waals surface area contributed by atoms with Crippen molar-refractivity contribution in [2.45, 2.75) is 6.92 Å². The molecule has 0 aromatic heterocycles. The summed E-state index contributed by atoms with van der Waals surface area (Å²) in [7, 11) is 0. The maximum absolute atomic E-state index is 12.3. The first kappa shape index (κ1) is 13.1. The van der Waals surface area contributed by atoms with Crippen molar-refractivity contribution in [2.75, 3.05) is 5.73 Å². The Labute approximate surface area is 119 Å². The summed E-state index contributed by atoms with van der Waals surface area (Å²) in [6.07, 6.45) is 0. The van der Waals surface area contributed by atoms with Crippen molar-refractivity contribution < 1.29 is 4.79 Å². The number of nitrogen functional groups attached to an aromatic ring is 1. The van der Waals surface area contributed by atoms with Crippen LogP contribution in [0.2, 0.25) is 5.02 Å². The number of halogens is 2. The maximum Gasteiger partial charge on any atom is 0.194 e. The number of nitrogens with two attached hydrogens (primary N) is 1.